The molecular formula is C134H150N10. The van der Waals surface area contributed by atoms with E-state index < -0.39 is 5.41 Å². The normalized spacial score (nSPS) is 12.2. The first-order valence-electron chi connectivity index (χ1n) is 54.7. The lowest BCUT2D eigenvalue weighted by Gasteiger charge is -2.33. The van der Waals surface area contributed by atoms with E-state index >= 15 is 0 Å². The minimum absolute atomic E-state index is 0.961. The zero-order valence-corrected chi connectivity index (χ0v) is 88.8. The van der Waals surface area contributed by atoms with E-state index in [0.29, 0.717) is 0 Å². The van der Waals surface area contributed by atoms with Gasteiger partial charge < -0.3 is 4.57 Å². The summed E-state index contributed by atoms with van der Waals surface area (Å²) in [6.45, 7) is 33.7. The Morgan fingerprint density at radius 3 is 1.11 bits per heavy atom. The maximum atomic E-state index is 5.97. The van der Waals surface area contributed by atoms with Crippen LogP contribution in [0.1, 0.15) is 290 Å². The number of hydrogen-bond acceptors (Lipinski definition) is 5. The van der Waals surface area contributed by atoms with Gasteiger partial charge >= 0.3 is 0 Å². The zero-order chi connectivity index (χ0) is 100. The summed E-state index contributed by atoms with van der Waals surface area (Å²) >= 11 is 0. The number of rotatable bonds is 38. The lowest BCUT2D eigenvalue weighted by atomic mass is 9.74. The van der Waals surface area contributed by atoms with E-state index in [9.17, 15) is 0 Å². The van der Waals surface area contributed by atoms with Crippen molar-refractivity contribution in [2.75, 3.05) is 0 Å². The van der Waals surface area contributed by atoms with Crippen molar-refractivity contribution in [2.45, 2.75) is 289 Å². The van der Waals surface area contributed by atoms with Crippen LogP contribution in [0.5, 0.6) is 0 Å². The van der Waals surface area contributed by atoms with Crippen molar-refractivity contribution < 1.29 is 0 Å². The first kappa shape index (κ1) is 101. The number of fused-ring (bicyclic) bond motifs is 8. The van der Waals surface area contributed by atoms with Gasteiger partial charge in [-0.2, -0.15) is 0 Å². The Balaban J connectivity index is 0.000000168. The lowest BCUT2D eigenvalue weighted by Crippen LogP contribution is -2.35. The smallest absolute Gasteiger partial charge is 0.146 e. The van der Waals surface area contributed by atoms with Gasteiger partial charge in [0.25, 0.3) is 0 Å². The fourth-order valence-corrected chi connectivity index (χ4v) is 22.8. The number of unbranched alkanes of at least 4 members (excludes halogenated alkanes) is 12. The monoisotopic (exact) mass is 1900 g/mol. The van der Waals surface area contributed by atoms with Gasteiger partial charge in [-0.3, -0.25) is 18.3 Å². The molecule has 10 heteroatoms. The Morgan fingerprint density at radius 2 is 0.646 bits per heavy atom. The Hall–Kier alpha value is -13.6. The lowest BCUT2D eigenvalue weighted by molar-refractivity contribution is 0.629. The third kappa shape index (κ3) is 20.7. The Labute approximate surface area is 857 Å². The van der Waals surface area contributed by atoms with Gasteiger partial charge in [-0.1, -0.05) is 333 Å². The van der Waals surface area contributed by atoms with Gasteiger partial charge in [0.1, 0.15) is 34.5 Å². The number of benzene rings is 14. The molecular weight excluding hydrogens is 1750 g/mol. The van der Waals surface area contributed by atoms with Crippen LogP contribution in [0, 0.1) is 48.5 Å². The second kappa shape index (κ2) is 46.0. The summed E-state index contributed by atoms with van der Waals surface area (Å²) < 4.78 is 11.9. The number of nitrogens with zero attached hydrogens (tertiary/aromatic N) is 10. The molecule has 0 radical (unpaired) electrons. The number of aryl methyl sites for hydroxylation is 16. The van der Waals surface area contributed by atoms with E-state index in [0.717, 1.165) is 179 Å². The molecule has 0 aliphatic heterocycles. The average molecular weight is 1900 g/mol. The Morgan fingerprint density at radius 1 is 0.236 bits per heavy atom. The van der Waals surface area contributed by atoms with Crippen molar-refractivity contribution in [3.05, 3.63) is 385 Å². The zero-order valence-electron chi connectivity index (χ0n) is 88.8. The standard InChI is InChI=1S/C71H82N4.C46H50N4.C17H18N2/c1-7-11-15-19-27-53-36-41-58(42-37-53)74-67-33-25-23-31-65(67)72-69(74)71(70-73-66-32-24-26-34-68(66)75(70)59-43-38-54(39-44-59)28-20-16-12-8-2)63-47-51(5)35-45-60(63)61-46-40-57(50-64(61)71)62-49-55(29-21-17-13-9-3)52(6)48-56(62)30-22-18-14-10-4;1-7-17-33-27-41-43(29-35(33)19-9-3)49(37-21-13-11-14-22-37)45(47-41)39-25-32(6)40(26-31(39)5)46-48-42-28-34(18-8-2)36(20-10-4)30-44(42)50(46)38-23-15-12-16-24-38;1-11-5-9-14(10-6-11)17-18-15-12(2)7-8-13(3)16(15)19(17)4/h23-26,31-50H,7-22,27-30H2,1-6H3;11-16,21-30H,7-10,17-20H2,1-6H3;5-10H,1-4H3. The maximum Gasteiger partial charge on any atom is 0.146 e. The Kier molecular flexibility index (Phi) is 32.1. The molecule has 5 heterocycles. The second-order valence-electron chi connectivity index (χ2n) is 41.3. The summed E-state index contributed by atoms with van der Waals surface area (Å²) in [5, 5.41) is 0. The van der Waals surface area contributed by atoms with Crippen molar-refractivity contribution in [2.24, 2.45) is 7.05 Å². The second-order valence-corrected chi connectivity index (χ2v) is 41.3. The van der Waals surface area contributed by atoms with Gasteiger partial charge in [-0.25, -0.2) is 24.9 Å². The molecule has 0 unspecified atom stereocenters. The van der Waals surface area contributed by atoms with Gasteiger partial charge in [-0.15, -0.1) is 0 Å². The molecule has 736 valence electrons. The number of imidazole rings is 5. The van der Waals surface area contributed by atoms with Crippen LogP contribution in [-0.4, -0.2) is 47.8 Å². The van der Waals surface area contributed by atoms with Gasteiger partial charge in [-0.05, 0) is 346 Å². The average Bonchev–Trinajstić information content (AvgIpc) is 1.51. The molecule has 20 rings (SSSR count). The van der Waals surface area contributed by atoms with Crippen LogP contribution < -0.4 is 0 Å². The van der Waals surface area contributed by atoms with E-state index in [1.54, 1.807) is 0 Å². The molecule has 144 heavy (non-hydrogen) atoms. The molecule has 0 atom stereocenters. The number of hydrogen-bond donors (Lipinski definition) is 0. The van der Waals surface area contributed by atoms with Crippen LogP contribution in [-0.2, 0) is 63.8 Å². The predicted octanol–water partition coefficient (Wildman–Crippen LogP) is 35.8. The molecule has 0 N–H and O–H groups in total. The van der Waals surface area contributed by atoms with E-state index in [2.05, 4.69) is 413 Å². The van der Waals surface area contributed by atoms with Crippen LogP contribution in [0.4, 0.5) is 0 Å². The van der Waals surface area contributed by atoms with Crippen LogP contribution in [0.3, 0.4) is 0 Å². The molecule has 1 aliphatic carbocycles. The summed E-state index contributed by atoms with van der Waals surface area (Å²) in [5.74, 6) is 4.93. The van der Waals surface area contributed by atoms with Gasteiger partial charge in [0.15, 0.2) is 0 Å². The highest BCUT2D eigenvalue weighted by Crippen LogP contribution is 2.59. The summed E-state index contributed by atoms with van der Waals surface area (Å²) in [4.78, 5) is 27.6. The van der Waals surface area contributed by atoms with Crippen LogP contribution in [0.15, 0.2) is 279 Å². The molecule has 0 spiro atoms. The first-order valence-corrected chi connectivity index (χ1v) is 54.7. The van der Waals surface area contributed by atoms with Crippen molar-refractivity contribution in [3.8, 4) is 79.2 Å². The summed E-state index contributed by atoms with van der Waals surface area (Å²) in [6, 6.07) is 105. The van der Waals surface area contributed by atoms with E-state index in [-0.39, 0.29) is 0 Å². The molecule has 0 saturated carbocycles. The van der Waals surface area contributed by atoms with Crippen molar-refractivity contribution in [1.82, 2.24) is 47.8 Å². The first-order chi connectivity index (χ1) is 70.4. The minimum Gasteiger partial charge on any atom is -0.327 e. The maximum absolute atomic E-state index is 5.97. The third-order valence-corrected chi connectivity index (χ3v) is 30.4. The van der Waals surface area contributed by atoms with Crippen molar-refractivity contribution >= 4 is 55.2 Å². The quantitative estimate of drug-likeness (QED) is 0.0360. The van der Waals surface area contributed by atoms with E-state index in [1.807, 2.05) is 0 Å². The molecule has 0 fully saturated rings. The molecule has 0 saturated heterocycles. The van der Waals surface area contributed by atoms with Crippen LogP contribution in [0.2, 0.25) is 0 Å². The van der Waals surface area contributed by atoms with Gasteiger partial charge in [0.2, 0.25) is 0 Å². The van der Waals surface area contributed by atoms with Gasteiger partial charge in [0, 0.05) is 46.5 Å². The van der Waals surface area contributed by atoms with Crippen LogP contribution >= 0.6 is 0 Å². The fraction of sp³-hybridized carbons (Fsp3) is 0.336. The molecule has 14 aromatic carbocycles. The number of aromatic nitrogens is 10. The highest BCUT2D eigenvalue weighted by molar-refractivity contribution is 5.94. The van der Waals surface area contributed by atoms with E-state index in [4.69, 9.17) is 24.9 Å². The summed E-state index contributed by atoms with van der Waals surface area (Å²) in [6.07, 6.45) is 33.2. The molecule has 19 aromatic rings. The summed E-state index contributed by atoms with van der Waals surface area (Å²) in [7, 11) is 2.09. The Bertz CT molecular complexity index is 7380. The highest BCUT2D eigenvalue weighted by atomic mass is 15.2. The fourth-order valence-electron chi connectivity index (χ4n) is 22.8. The SMILES string of the molecule is CCCCCCc1ccc(-n2c(C3(c4nc5ccccc5n4-c4ccc(CCCCCC)cc4)c4cc(C)ccc4-c4ccc(-c5cc(CCCCCC)c(C)cc5CCCCCC)cc43)nc3ccccc32)cc1.CCCc1cc2nc(-c3cc(C)c(-c4nc5cc(CCC)c(CCC)cc5n4-c4ccccc4)cc3C)n(-c3ccccc3)c2cc1CCC.Cc1ccc(-c2nc3c(C)ccc(C)c3n2C)cc1. The molecule has 0 amide bonds. The number of para-hydroxylation sites is 6. The van der Waals surface area contributed by atoms with Crippen LogP contribution in [0.25, 0.3) is 134 Å². The molecule has 1 aliphatic rings. The third-order valence-electron chi connectivity index (χ3n) is 30.4. The predicted molar refractivity (Wildman–Crippen MR) is 612 cm³/mol. The molecule has 0 bridgehead atoms. The topological polar surface area (TPSA) is 89.1 Å². The minimum atomic E-state index is -0.961. The van der Waals surface area contributed by atoms with Crippen molar-refractivity contribution in [1.29, 1.82) is 0 Å². The highest BCUT2D eigenvalue weighted by Gasteiger charge is 2.54. The molecule has 5 aromatic heterocycles. The molecule has 10 nitrogen and oxygen atoms in total. The van der Waals surface area contributed by atoms with Crippen molar-refractivity contribution in [3.63, 3.8) is 0 Å². The van der Waals surface area contributed by atoms with E-state index in [1.165, 1.54) is 242 Å². The van der Waals surface area contributed by atoms with Gasteiger partial charge in [0.05, 0.1) is 55.2 Å². The largest absolute Gasteiger partial charge is 0.327 e. The summed E-state index contributed by atoms with van der Waals surface area (Å²) in [5.41, 5.74) is 45.8.